The van der Waals surface area contributed by atoms with Crippen LogP contribution in [-0.2, 0) is 0 Å². The van der Waals surface area contributed by atoms with Crippen molar-refractivity contribution in [1.29, 1.82) is 0 Å². The summed E-state index contributed by atoms with van der Waals surface area (Å²) in [5.41, 5.74) is 8.01. The van der Waals surface area contributed by atoms with E-state index in [2.05, 4.69) is 20.7 Å². The van der Waals surface area contributed by atoms with Gasteiger partial charge in [0.05, 0.1) is 6.10 Å². The maximum atomic E-state index is 9.60. The average Bonchev–Trinajstić information content (AvgIpc) is 2.36. The minimum atomic E-state index is -0.165. The molecule has 18 heavy (non-hydrogen) atoms. The van der Waals surface area contributed by atoms with Gasteiger partial charge in [-0.3, -0.25) is 0 Å². The van der Waals surface area contributed by atoms with Crippen LogP contribution in [0.15, 0.2) is 6.07 Å². The third kappa shape index (κ3) is 3.44. The molecule has 2 unspecified atom stereocenters. The van der Waals surface area contributed by atoms with Crippen molar-refractivity contribution in [2.75, 3.05) is 23.0 Å². The molecule has 0 bridgehead atoms. The lowest BCUT2D eigenvalue weighted by Gasteiger charge is -2.26. The smallest absolute Gasteiger partial charge is 0.223 e. The second-order valence-corrected chi connectivity index (χ2v) is 4.71. The largest absolute Gasteiger partial charge is 0.393 e. The first-order valence-corrected chi connectivity index (χ1v) is 6.20. The Hall–Kier alpha value is -1.60. The first-order valence-electron chi connectivity index (χ1n) is 6.20. The van der Waals surface area contributed by atoms with Gasteiger partial charge in [-0.2, -0.15) is 9.97 Å². The molecule has 1 heterocycles. The van der Waals surface area contributed by atoms with Gasteiger partial charge < -0.3 is 21.6 Å². The minimum Gasteiger partial charge on any atom is -0.393 e. The molecule has 1 aromatic rings. The summed E-state index contributed by atoms with van der Waals surface area (Å²) in [5.74, 6) is 7.07. The number of nitrogen functional groups attached to an aromatic ring is 2. The number of nitrogens with zero attached hydrogens (tertiary/aromatic N) is 2. The Balaban J connectivity index is 1.91. The normalized spacial score (nSPS) is 23.7. The molecule has 1 aromatic heterocycles. The van der Waals surface area contributed by atoms with Gasteiger partial charge in [0.25, 0.3) is 0 Å². The van der Waals surface area contributed by atoms with Crippen molar-refractivity contribution in [2.45, 2.75) is 31.8 Å². The first-order chi connectivity index (χ1) is 8.67. The SMILES string of the molecule is NNc1cc(NCC2CCCC(O)C2)nc(N)n1. The predicted octanol–water partition coefficient (Wildman–Crippen LogP) is 0.307. The fourth-order valence-electron chi connectivity index (χ4n) is 2.33. The molecular weight excluding hydrogens is 232 g/mol. The molecule has 1 saturated carbocycles. The molecule has 100 valence electrons. The van der Waals surface area contributed by atoms with E-state index in [1.54, 1.807) is 6.07 Å². The number of aliphatic hydroxyl groups excluding tert-OH is 1. The molecule has 7 heteroatoms. The van der Waals surface area contributed by atoms with Gasteiger partial charge >= 0.3 is 0 Å². The highest BCUT2D eigenvalue weighted by Gasteiger charge is 2.19. The molecule has 2 atom stereocenters. The number of hydrogen-bond acceptors (Lipinski definition) is 7. The topological polar surface area (TPSA) is 122 Å². The van der Waals surface area contributed by atoms with Crippen LogP contribution in [0.5, 0.6) is 0 Å². The zero-order chi connectivity index (χ0) is 13.0. The van der Waals surface area contributed by atoms with E-state index in [1.807, 2.05) is 0 Å². The molecule has 0 amide bonds. The quantitative estimate of drug-likeness (QED) is 0.386. The number of nitrogens with one attached hydrogen (secondary N) is 2. The summed E-state index contributed by atoms with van der Waals surface area (Å²) in [6.07, 6.45) is 3.80. The first kappa shape index (κ1) is 12.8. The van der Waals surface area contributed by atoms with Crippen LogP contribution in [0.4, 0.5) is 17.6 Å². The monoisotopic (exact) mass is 252 g/mol. The van der Waals surface area contributed by atoms with Crippen LogP contribution < -0.4 is 22.3 Å². The second-order valence-electron chi connectivity index (χ2n) is 4.71. The van der Waals surface area contributed by atoms with Crippen molar-refractivity contribution < 1.29 is 5.11 Å². The van der Waals surface area contributed by atoms with E-state index in [9.17, 15) is 5.11 Å². The van der Waals surface area contributed by atoms with Crippen LogP contribution in [-0.4, -0.2) is 27.7 Å². The molecule has 0 aliphatic heterocycles. The molecule has 2 rings (SSSR count). The highest BCUT2D eigenvalue weighted by atomic mass is 16.3. The fraction of sp³-hybridized carbons (Fsp3) is 0.636. The van der Waals surface area contributed by atoms with Crippen LogP contribution >= 0.6 is 0 Å². The fourth-order valence-corrected chi connectivity index (χ4v) is 2.33. The third-order valence-electron chi connectivity index (χ3n) is 3.22. The highest BCUT2D eigenvalue weighted by Crippen LogP contribution is 2.24. The van der Waals surface area contributed by atoms with Crippen molar-refractivity contribution >= 4 is 17.6 Å². The van der Waals surface area contributed by atoms with Crippen LogP contribution in [0.1, 0.15) is 25.7 Å². The molecule has 1 fully saturated rings. The van der Waals surface area contributed by atoms with Crippen molar-refractivity contribution in [3.63, 3.8) is 0 Å². The number of nitrogens with two attached hydrogens (primary N) is 2. The van der Waals surface area contributed by atoms with E-state index in [4.69, 9.17) is 11.6 Å². The predicted molar refractivity (Wildman–Crippen MR) is 70.7 cm³/mol. The summed E-state index contributed by atoms with van der Waals surface area (Å²) in [5, 5.41) is 12.8. The lowest BCUT2D eigenvalue weighted by molar-refractivity contribution is 0.104. The van der Waals surface area contributed by atoms with Gasteiger partial charge in [0.2, 0.25) is 5.95 Å². The minimum absolute atomic E-state index is 0.165. The van der Waals surface area contributed by atoms with Crippen LogP contribution in [0.3, 0.4) is 0 Å². The Labute approximate surface area is 106 Å². The van der Waals surface area contributed by atoms with Crippen LogP contribution in [0.25, 0.3) is 0 Å². The van der Waals surface area contributed by atoms with E-state index in [0.717, 1.165) is 32.2 Å². The van der Waals surface area contributed by atoms with E-state index >= 15 is 0 Å². The van der Waals surface area contributed by atoms with Gasteiger partial charge in [0, 0.05) is 12.6 Å². The van der Waals surface area contributed by atoms with E-state index in [0.29, 0.717) is 17.6 Å². The van der Waals surface area contributed by atoms with E-state index in [-0.39, 0.29) is 12.1 Å². The number of aliphatic hydroxyl groups is 1. The second kappa shape index (κ2) is 5.83. The lowest BCUT2D eigenvalue weighted by atomic mass is 9.87. The Kier molecular flexibility index (Phi) is 4.16. The van der Waals surface area contributed by atoms with Crippen molar-refractivity contribution in [1.82, 2.24) is 9.97 Å². The Morgan fingerprint density at radius 1 is 1.33 bits per heavy atom. The number of hydrogen-bond donors (Lipinski definition) is 5. The number of hydrazine groups is 1. The summed E-state index contributed by atoms with van der Waals surface area (Å²) < 4.78 is 0. The van der Waals surface area contributed by atoms with Gasteiger partial charge in [-0.15, -0.1) is 0 Å². The van der Waals surface area contributed by atoms with Gasteiger partial charge in [-0.25, -0.2) is 5.84 Å². The number of rotatable bonds is 4. The van der Waals surface area contributed by atoms with Gasteiger partial charge in [0.1, 0.15) is 11.6 Å². The zero-order valence-electron chi connectivity index (χ0n) is 10.3. The van der Waals surface area contributed by atoms with Gasteiger partial charge in [-0.1, -0.05) is 6.42 Å². The van der Waals surface area contributed by atoms with Gasteiger partial charge in [-0.05, 0) is 25.2 Å². The lowest BCUT2D eigenvalue weighted by Crippen LogP contribution is -2.25. The Bertz CT molecular complexity index is 399. The highest BCUT2D eigenvalue weighted by molar-refractivity contribution is 5.50. The van der Waals surface area contributed by atoms with Crippen molar-refractivity contribution in [3.05, 3.63) is 6.07 Å². The zero-order valence-corrected chi connectivity index (χ0v) is 10.3. The third-order valence-corrected chi connectivity index (χ3v) is 3.22. The van der Waals surface area contributed by atoms with Crippen LogP contribution in [0.2, 0.25) is 0 Å². The van der Waals surface area contributed by atoms with Crippen molar-refractivity contribution in [2.24, 2.45) is 11.8 Å². The van der Waals surface area contributed by atoms with Crippen molar-refractivity contribution in [3.8, 4) is 0 Å². The molecule has 0 saturated heterocycles. The molecule has 1 aliphatic rings. The van der Waals surface area contributed by atoms with E-state index in [1.165, 1.54) is 0 Å². The number of aromatic nitrogens is 2. The maximum absolute atomic E-state index is 9.60. The summed E-state index contributed by atoms with van der Waals surface area (Å²) in [4.78, 5) is 7.99. The molecule has 7 N–H and O–H groups in total. The Morgan fingerprint density at radius 2 is 2.11 bits per heavy atom. The standard InChI is InChI=1S/C11H20N6O/c12-11-15-9(5-10(16-11)17-13)14-6-7-2-1-3-8(18)4-7/h5,7-8,18H,1-4,6,13H2,(H4,12,14,15,16,17). The molecule has 0 spiro atoms. The van der Waals surface area contributed by atoms with E-state index < -0.39 is 0 Å². The summed E-state index contributed by atoms with van der Waals surface area (Å²) in [6.45, 7) is 0.775. The molecular formula is C11H20N6O. The summed E-state index contributed by atoms with van der Waals surface area (Å²) in [6, 6.07) is 1.70. The summed E-state index contributed by atoms with van der Waals surface area (Å²) in [7, 11) is 0. The van der Waals surface area contributed by atoms with Gasteiger partial charge in [0.15, 0.2) is 0 Å². The molecule has 7 nitrogen and oxygen atoms in total. The molecule has 0 radical (unpaired) electrons. The molecule has 1 aliphatic carbocycles. The van der Waals surface area contributed by atoms with Crippen LogP contribution in [0, 0.1) is 5.92 Å². The number of anilines is 3. The summed E-state index contributed by atoms with van der Waals surface area (Å²) >= 11 is 0. The Morgan fingerprint density at radius 3 is 2.83 bits per heavy atom. The average molecular weight is 252 g/mol. The maximum Gasteiger partial charge on any atom is 0.223 e. The molecule has 0 aromatic carbocycles.